The standard InChI is InChI=1S/C13H22N2S2/c1-14-12(6-5-11-4-3-8-17-11)13-10-16-9-7-15(13)2/h3-4,8,12-14H,5-7,9-10H2,1-2H3. The summed E-state index contributed by atoms with van der Waals surface area (Å²) in [5, 5.41) is 5.69. The van der Waals surface area contributed by atoms with Gasteiger partial charge in [0, 0.05) is 35.0 Å². The average molecular weight is 270 g/mol. The zero-order valence-electron chi connectivity index (χ0n) is 10.7. The second kappa shape index (κ2) is 6.78. The maximum Gasteiger partial charge on any atom is 0.0337 e. The maximum atomic E-state index is 3.51. The maximum absolute atomic E-state index is 3.51. The van der Waals surface area contributed by atoms with Crippen LogP contribution in [0.4, 0.5) is 0 Å². The molecule has 1 aliphatic rings. The molecular weight excluding hydrogens is 248 g/mol. The summed E-state index contributed by atoms with van der Waals surface area (Å²) >= 11 is 3.97. The van der Waals surface area contributed by atoms with Gasteiger partial charge in [0.05, 0.1) is 0 Å². The molecule has 0 aliphatic carbocycles. The van der Waals surface area contributed by atoms with E-state index in [1.165, 1.54) is 35.8 Å². The van der Waals surface area contributed by atoms with Gasteiger partial charge >= 0.3 is 0 Å². The first-order valence-corrected chi connectivity index (χ1v) is 8.32. The normalized spacial score (nSPS) is 23.8. The first-order valence-electron chi connectivity index (χ1n) is 6.29. The van der Waals surface area contributed by atoms with Crippen molar-refractivity contribution in [1.82, 2.24) is 10.2 Å². The molecule has 1 aliphatic heterocycles. The van der Waals surface area contributed by atoms with Crippen molar-refractivity contribution in [2.24, 2.45) is 0 Å². The number of likely N-dealkylation sites (N-methyl/N-ethyl adjacent to an activating group) is 2. The fraction of sp³-hybridized carbons (Fsp3) is 0.692. The Morgan fingerprint density at radius 1 is 1.59 bits per heavy atom. The van der Waals surface area contributed by atoms with Gasteiger partial charge in [-0.3, -0.25) is 0 Å². The van der Waals surface area contributed by atoms with Crippen molar-refractivity contribution in [3.63, 3.8) is 0 Å². The topological polar surface area (TPSA) is 15.3 Å². The molecule has 4 heteroatoms. The van der Waals surface area contributed by atoms with E-state index in [0.29, 0.717) is 12.1 Å². The van der Waals surface area contributed by atoms with Crippen molar-refractivity contribution in [3.05, 3.63) is 22.4 Å². The molecule has 0 spiro atoms. The van der Waals surface area contributed by atoms with Crippen molar-refractivity contribution in [2.45, 2.75) is 24.9 Å². The number of hydrogen-bond acceptors (Lipinski definition) is 4. The van der Waals surface area contributed by atoms with Gasteiger partial charge in [-0.1, -0.05) is 6.07 Å². The fourth-order valence-corrected chi connectivity index (χ4v) is 4.45. The summed E-state index contributed by atoms with van der Waals surface area (Å²) < 4.78 is 0. The van der Waals surface area contributed by atoms with E-state index in [-0.39, 0.29) is 0 Å². The molecule has 1 aromatic heterocycles. The van der Waals surface area contributed by atoms with E-state index in [4.69, 9.17) is 0 Å². The van der Waals surface area contributed by atoms with Crippen LogP contribution in [0.2, 0.25) is 0 Å². The van der Waals surface area contributed by atoms with Crippen LogP contribution in [0.15, 0.2) is 17.5 Å². The Kier molecular flexibility index (Phi) is 5.35. The summed E-state index contributed by atoms with van der Waals surface area (Å²) in [7, 11) is 4.37. The highest BCUT2D eigenvalue weighted by molar-refractivity contribution is 7.99. The number of nitrogens with one attached hydrogen (secondary N) is 1. The first-order chi connectivity index (χ1) is 8.31. The second-order valence-corrected chi connectivity index (χ2v) is 6.82. The van der Waals surface area contributed by atoms with Gasteiger partial charge in [-0.05, 0) is 38.4 Å². The predicted molar refractivity (Wildman–Crippen MR) is 79.2 cm³/mol. The molecule has 1 aromatic rings. The summed E-state index contributed by atoms with van der Waals surface area (Å²) in [5.74, 6) is 2.56. The Morgan fingerprint density at radius 2 is 2.47 bits per heavy atom. The Labute approximate surface area is 113 Å². The van der Waals surface area contributed by atoms with E-state index in [1.54, 1.807) is 0 Å². The van der Waals surface area contributed by atoms with E-state index in [1.807, 2.05) is 11.3 Å². The Balaban J connectivity index is 1.86. The molecule has 1 N–H and O–H groups in total. The molecule has 0 saturated carbocycles. The van der Waals surface area contributed by atoms with Crippen LogP contribution in [-0.2, 0) is 6.42 Å². The van der Waals surface area contributed by atoms with Gasteiger partial charge in [0.15, 0.2) is 0 Å². The van der Waals surface area contributed by atoms with E-state index < -0.39 is 0 Å². The van der Waals surface area contributed by atoms with Crippen LogP contribution in [-0.4, -0.2) is 49.1 Å². The smallest absolute Gasteiger partial charge is 0.0337 e. The molecule has 0 radical (unpaired) electrons. The van der Waals surface area contributed by atoms with Crippen molar-refractivity contribution in [2.75, 3.05) is 32.1 Å². The van der Waals surface area contributed by atoms with E-state index >= 15 is 0 Å². The molecule has 2 unspecified atom stereocenters. The highest BCUT2D eigenvalue weighted by atomic mass is 32.2. The zero-order chi connectivity index (χ0) is 12.1. The lowest BCUT2D eigenvalue weighted by Crippen LogP contribution is -2.52. The van der Waals surface area contributed by atoms with Crippen LogP contribution in [0, 0.1) is 0 Å². The quantitative estimate of drug-likeness (QED) is 0.884. The molecule has 17 heavy (non-hydrogen) atoms. The van der Waals surface area contributed by atoms with E-state index in [9.17, 15) is 0 Å². The lowest BCUT2D eigenvalue weighted by atomic mass is 10.0. The van der Waals surface area contributed by atoms with Crippen molar-refractivity contribution >= 4 is 23.1 Å². The number of aryl methyl sites for hydroxylation is 1. The van der Waals surface area contributed by atoms with E-state index in [0.717, 1.165) is 0 Å². The van der Waals surface area contributed by atoms with Gasteiger partial charge in [-0.25, -0.2) is 0 Å². The molecule has 2 heterocycles. The molecular formula is C13H22N2S2. The molecule has 1 saturated heterocycles. The molecule has 2 rings (SSSR count). The number of thiophene rings is 1. The largest absolute Gasteiger partial charge is 0.315 e. The number of nitrogens with zero attached hydrogens (tertiary/aromatic N) is 1. The molecule has 0 aromatic carbocycles. The van der Waals surface area contributed by atoms with Crippen LogP contribution in [0.3, 0.4) is 0 Å². The van der Waals surface area contributed by atoms with Crippen molar-refractivity contribution in [1.29, 1.82) is 0 Å². The lowest BCUT2D eigenvalue weighted by Gasteiger charge is -2.37. The summed E-state index contributed by atoms with van der Waals surface area (Å²) in [4.78, 5) is 4.03. The van der Waals surface area contributed by atoms with Gasteiger partial charge < -0.3 is 10.2 Å². The summed E-state index contributed by atoms with van der Waals surface area (Å²) in [6.45, 7) is 1.23. The zero-order valence-corrected chi connectivity index (χ0v) is 12.3. The third kappa shape index (κ3) is 3.71. The van der Waals surface area contributed by atoms with Gasteiger partial charge in [-0.2, -0.15) is 11.8 Å². The minimum absolute atomic E-state index is 0.620. The van der Waals surface area contributed by atoms with Crippen LogP contribution in [0.1, 0.15) is 11.3 Å². The van der Waals surface area contributed by atoms with Gasteiger partial charge in [0.1, 0.15) is 0 Å². The minimum atomic E-state index is 0.620. The molecule has 96 valence electrons. The lowest BCUT2D eigenvalue weighted by molar-refractivity contribution is 0.214. The SMILES string of the molecule is CNC(CCc1cccs1)C1CSCCN1C. The Morgan fingerprint density at radius 3 is 3.12 bits per heavy atom. The van der Waals surface area contributed by atoms with Gasteiger partial charge in [0.25, 0.3) is 0 Å². The highest BCUT2D eigenvalue weighted by Crippen LogP contribution is 2.21. The van der Waals surface area contributed by atoms with Crippen molar-refractivity contribution in [3.8, 4) is 0 Å². The third-order valence-corrected chi connectivity index (χ3v) is 5.54. The highest BCUT2D eigenvalue weighted by Gasteiger charge is 2.26. The number of rotatable bonds is 5. The Bertz CT molecular complexity index is 313. The van der Waals surface area contributed by atoms with Crippen LogP contribution >= 0.6 is 23.1 Å². The third-order valence-electron chi connectivity index (χ3n) is 3.56. The molecule has 1 fully saturated rings. The average Bonchev–Trinajstić information content (AvgIpc) is 2.85. The van der Waals surface area contributed by atoms with Crippen LogP contribution in [0.25, 0.3) is 0 Å². The van der Waals surface area contributed by atoms with Gasteiger partial charge in [-0.15, -0.1) is 11.3 Å². The van der Waals surface area contributed by atoms with Crippen LogP contribution in [0.5, 0.6) is 0 Å². The molecule has 2 nitrogen and oxygen atoms in total. The molecule has 0 bridgehead atoms. The van der Waals surface area contributed by atoms with E-state index in [2.05, 4.69) is 53.6 Å². The number of hydrogen-bond donors (Lipinski definition) is 1. The van der Waals surface area contributed by atoms with Gasteiger partial charge in [0.2, 0.25) is 0 Å². The Hall–Kier alpha value is -0.0300. The number of thioether (sulfide) groups is 1. The van der Waals surface area contributed by atoms with Crippen LogP contribution < -0.4 is 5.32 Å². The van der Waals surface area contributed by atoms with Crippen molar-refractivity contribution < 1.29 is 0 Å². The fourth-order valence-electron chi connectivity index (χ4n) is 2.41. The molecule has 0 amide bonds. The summed E-state index contributed by atoms with van der Waals surface area (Å²) in [5.41, 5.74) is 0. The predicted octanol–water partition coefficient (Wildman–Crippen LogP) is 2.32. The summed E-state index contributed by atoms with van der Waals surface area (Å²) in [6, 6.07) is 5.71. The monoisotopic (exact) mass is 270 g/mol. The second-order valence-electron chi connectivity index (χ2n) is 4.64. The first kappa shape index (κ1) is 13.4. The summed E-state index contributed by atoms with van der Waals surface area (Å²) in [6.07, 6.45) is 2.45. The minimum Gasteiger partial charge on any atom is -0.315 e. The molecule has 2 atom stereocenters.